The van der Waals surface area contributed by atoms with Gasteiger partial charge in [0.05, 0.1) is 0 Å². The molecule has 1 rings (SSSR count). The molecule has 1 saturated heterocycles. The fraction of sp³-hybridized carbons (Fsp3) is 0.889. The zero-order valence-corrected chi connectivity index (χ0v) is 8.86. The van der Waals surface area contributed by atoms with Gasteiger partial charge in [-0.2, -0.15) is 0 Å². The minimum absolute atomic E-state index is 0.250. The molecule has 1 heterocycles. The zero-order valence-electron chi connectivity index (χ0n) is 8.04. The first kappa shape index (κ1) is 9.90. The summed E-state index contributed by atoms with van der Waals surface area (Å²) < 4.78 is 0. The SMILES string of the molecule is CCCC1C(CC)SC(=O)N1C. The quantitative estimate of drug-likeness (QED) is 0.677. The number of amides is 1. The number of nitrogens with zero attached hydrogens (tertiary/aromatic N) is 1. The van der Waals surface area contributed by atoms with Gasteiger partial charge in [0, 0.05) is 18.3 Å². The van der Waals surface area contributed by atoms with Gasteiger partial charge in [-0.15, -0.1) is 0 Å². The van der Waals surface area contributed by atoms with Crippen molar-refractivity contribution in [2.45, 2.75) is 44.4 Å². The second kappa shape index (κ2) is 4.17. The highest BCUT2D eigenvalue weighted by molar-refractivity contribution is 8.14. The molecule has 0 aromatic rings. The molecule has 0 aliphatic carbocycles. The van der Waals surface area contributed by atoms with Gasteiger partial charge in [0.15, 0.2) is 0 Å². The molecule has 12 heavy (non-hydrogen) atoms. The third-order valence-electron chi connectivity index (χ3n) is 2.45. The number of hydrogen-bond donors (Lipinski definition) is 0. The first-order valence-electron chi connectivity index (χ1n) is 4.64. The summed E-state index contributed by atoms with van der Waals surface area (Å²) in [5.41, 5.74) is 0. The van der Waals surface area contributed by atoms with Gasteiger partial charge in [-0.1, -0.05) is 32.0 Å². The van der Waals surface area contributed by atoms with Crippen LogP contribution in [-0.2, 0) is 0 Å². The first-order chi connectivity index (χ1) is 5.70. The maximum absolute atomic E-state index is 11.3. The highest BCUT2D eigenvalue weighted by Gasteiger charge is 2.36. The molecule has 0 saturated carbocycles. The lowest BCUT2D eigenvalue weighted by Crippen LogP contribution is -2.32. The number of rotatable bonds is 3. The molecule has 1 fully saturated rings. The Morgan fingerprint density at radius 3 is 2.67 bits per heavy atom. The van der Waals surface area contributed by atoms with E-state index in [-0.39, 0.29) is 5.24 Å². The summed E-state index contributed by atoms with van der Waals surface area (Å²) >= 11 is 1.51. The van der Waals surface area contributed by atoms with E-state index < -0.39 is 0 Å². The van der Waals surface area contributed by atoms with Crippen molar-refractivity contribution in [1.82, 2.24) is 4.90 Å². The van der Waals surface area contributed by atoms with Crippen molar-refractivity contribution in [2.24, 2.45) is 0 Å². The lowest BCUT2D eigenvalue weighted by molar-refractivity contribution is 0.217. The van der Waals surface area contributed by atoms with E-state index in [1.165, 1.54) is 18.2 Å². The van der Waals surface area contributed by atoms with E-state index in [0.29, 0.717) is 11.3 Å². The van der Waals surface area contributed by atoms with Gasteiger partial charge in [-0.3, -0.25) is 4.79 Å². The topological polar surface area (TPSA) is 20.3 Å². The molecule has 0 N–H and O–H groups in total. The molecule has 70 valence electrons. The summed E-state index contributed by atoms with van der Waals surface area (Å²) in [6.07, 6.45) is 3.42. The van der Waals surface area contributed by atoms with Gasteiger partial charge >= 0.3 is 0 Å². The molecule has 0 radical (unpaired) electrons. The zero-order chi connectivity index (χ0) is 9.14. The van der Waals surface area contributed by atoms with Crippen LogP contribution in [0.1, 0.15) is 33.1 Å². The molecule has 1 aliphatic rings. The summed E-state index contributed by atoms with van der Waals surface area (Å²) in [6.45, 7) is 4.33. The molecule has 1 aliphatic heterocycles. The fourth-order valence-corrected chi connectivity index (χ4v) is 2.91. The van der Waals surface area contributed by atoms with Crippen LogP contribution in [0.5, 0.6) is 0 Å². The Hall–Kier alpha value is -0.180. The van der Waals surface area contributed by atoms with Gasteiger partial charge < -0.3 is 4.90 Å². The summed E-state index contributed by atoms with van der Waals surface area (Å²) in [5, 5.41) is 0.780. The molecule has 3 heteroatoms. The Morgan fingerprint density at radius 2 is 2.17 bits per heavy atom. The minimum atomic E-state index is 0.250. The minimum Gasteiger partial charge on any atom is -0.333 e. The Kier molecular flexibility index (Phi) is 3.44. The van der Waals surface area contributed by atoms with Crippen molar-refractivity contribution in [1.29, 1.82) is 0 Å². The fourth-order valence-electron chi connectivity index (χ4n) is 1.71. The van der Waals surface area contributed by atoms with Crippen LogP contribution in [0, 0.1) is 0 Å². The average Bonchev–Trinajstić information content (AvgIpc) is 2.33. The van der Waals surface area contributed by atoms with Crippen LogP contribution in [0.4, 0.5) is 4.79 Å². The van der Waals surface area contributed by atoms with Crippen LogP contribution >= 0.6 is 11.8 Å². The summed E-state index contributed by atoms with van der Waals surface area (Å²) in [7, 11) is 1.92. The molecule has 0 spiro atoms. The number of hydrogen-bond acceptors (Lipinski definition) is 2. The van der Waals surface area contributed by atoms with Crippen LogP contribution < -0.4 is 0 Å². The predicted octanol–water partition coefficient (Wildman–Crippen LogP) is 2.73. The summed E-state index contributed by atoms with van der Waals surface area (Å²) in [4.78, 5) is 13.2. The lowest BCUT2D eigenvalue weighted by atomic mass is 10.1. The molecule has 2 nitrogen and oxygen atoms in total. The van der Waals surface area contributed by atoms with E-state index in [9.17, 15) is 4.79 Å². The van der Waals surface area contributed by atoms with Crippen LogP contribution in [0.3, 0.4) is 0 Å². The van der Waals surface area contributed by atoms with Gasteiger partial charge in [-0.25, -0.2) is 0 Å². The second-order valence-corrected chi connectivity index (χ2v) is 4.49. The van der Waals surface area contributed by atoms with Crippen molar-refractivity contribution < 1.29 is 4.79 Å². The molecule has 2 unspecified atom stereocenters. The standard InChI is InChI=1S/C9H17NOS/c1-4-6-7-8(5-2)12-9(11)10(7)3/h7-8H,4-6H2,1-3H3. The Labute approximate surface area is 78.7 Å². The van der Waals surface area contributed by atoms with E-state index in [1.54, 1.807) is 0 Å². The Balaban J connectivity index is 2.60. The largest absolute Gasteiger partial charge is 0.333 e. The molecule has 1 amide bonds. The van der Waals surface area contributed by atoms with Crippen molar-refractivity contribution >= 4 is 17.0 Å². The second-order valence-electron chi connectivity index (χ2n) is 3.30. The summed E-state index contributed by atoms with van der Waals surface area (Å²) in [6, 6.07) is 0.484. The Morgan fingerprint density at radius 1 is 1.50 bits per heavy atom. The van der Waals surface area contributed by atoms with Crippen LogP contribution in [-0.4, -0.2) is 28.5 Å². The highest BCUT2D eigenvalue weighted by atomic mass is 32.2. The van der Waals surface area contributed by atoms with Gasteiger partial charge in [0.2, 0.25) is 0 Å². The van der Waals surface area contributed by atoms with Gasteiger partial charge in [0.25, 0.3) is 5.24 Å². The monoisotopic (exact) mass is 187 g/mol. The molecular weight excluding hydrogens is 170 g/mol. The van der Waals surface area contributed by atoms with E-state index in [4.69, 9.17) is 0 Å². The highest BCUT2D eigenvalue weighted by Crippen LogP contribution is 2.34. The summed E-state index contributed by atoms with van der Waals surface area (Å²) in [5.74, 6) is 0. The van der Waals surface area contributed by atoms with Crippen LogP contribution in [0.15, 0.2) is 0 Å². The van der Waals surface area contributed by atoms with Crippen molar-refractivity contribution in [3.8, 4) is 0 Å². The van der Waals surface area contributed by atoms with E-state index >= 15 is 0 Å². The van der Waals surface area contributed by atoms with Gasteiger partial charge in [-0.05, 0) is 12.8 Å². The number of carbonyl (C=O) groups is 1. The van der Waals surface area contributed by atoms with Gasteiger partial charge in [0.1, 0.15) is 0 Å². The molecule has 0 aromatic heterocycles. The van der Waals surface area contributed by atoms with Crippen LogP contribution in [0.25, 0.3) is 0 Å². The third-order valence-corrected chi connectivity index (χ3v) is 3.89. The molecule has 2 atom stereocenters. The normalized spacial score (nSPS) is 29.9. The van der Waals surface area contributed by atoms with Crippen LogP contribution in [0.2, 0.25) is 0 Å². The predicted molar refractivity (Wildman–Crippen MR) is 53.5 cm³/mol. The number of thioether (sulfide) groups is 1. The molecular formula is C9H17NOS. The number of carbonyl (C=O) groups excluding carboxylic acids is 1. The van der Waals surface area contributed by atoms with Crippen molar-refractivity contribution in [3.63, 3.8) is 0 Å². The maximum atomic E-state index is 11.3. The third kappa shape index (κ3) is 1.76. The smallest absolute Gasteiger partial charge is 0.282 e. The average molecular weight is 187 g/mol. The van der Waals surface area contributed by atoms with E-state index in [2.05, 4.69) is 13.8 Å². The molecule has 0 aromatic carbocycles. The van der Waals surface area contributed by atoms with E-state index in [0.717, 1.165) is 12.8 Å². The van der Waals surface area contributed by atoms with Crippen molar-refractivity contribution in [2.75, 3.05) is 7.05 Å². The molecule has 0 bridgehead atoms. The lowest BCUT2D eigenvalue weighted by Gasteiger charge is -2.22. The maximum Gasteiger partial charge on any atom is 0.282 e. The van der Waals surface area contributed by atoms with Crippen molar-refractivity contribution in [3.05, 3.63) is 0 Å². The van der Waals surface area contributed by atoms with E-state index in [1.807, 2.05) is 11.9 Å². The Bertz CT molecular complexity index is 172. The first-order valence-corrected chi connectivity index (χ1v) is 5.52.